The zero-order valence-electron chi connectivity index (χ0n) is 5.72. The first-order valence-electron chi connectivity index (χ1n) is 3.03. The van der Waals surface area contributed by atoms with Gasteiger partial charge in [0.2, 0.25) is 0 Å². The van der Waals surface area contributed by atoms with Gasteiger partial charge >= 0.3 is 0 Å². The van der Waals surface area contributed by atoms with Crippen molar-refractivity contribution < 1.29 is 4.79 Å². The topological polar surface area (TPSA) is 40.9 Å². The van der Waals surface area contributed by atoms with E-state index in [2.05, 4.69) is 12.6 Å². The minimum Gasteiger partial charge on any atom is -0.272 e. The summed E-state index contributed by atoms with van der Waals surface area (Å²) in [5.41, 5.74) is 6.70. The Hall–Kier alpha value is -0.180. The largest absolute Gasteiger partial charge is 0.272 e. The molecule has 0 saturated heterocycles. The second-order valence-electron chi connectivity index (χ2n) is 2.19. The fourth-order valence-corrected chi connectivity index (χ4v) is 0.692. The van der Waals surface area contributed by atoms with Crippen LogP contribution in [-0.4, -0.2) is 11.2 Å². The van der Waals surface area contributed by atoms with Crippen LogP contribution in [0.5, 0.6) is 0 Å². The lowest BCUT2D eigenvalue weighted by molar-refractivity contribution is -0.118. The molecule has 0 heterocycles. The van der Waals surface area contributed by atoms with Crippen molar-refractivity contribution in [3.63, 3.8) is 0 Å². The van der Waals surface area contributed by atoms with Gasteiger partial charge in [-0.3, -0.25) is 10.5 Å². The molecule has 9 heavy (non-hydrogen) atoms. The van der Waals surface area contributed by atoms with Gasteiger partial charge in [-0.15, -0.1) is 0 Å². The van der Waals surface area contributed by atoms with E-state index < -0.39 is 11.2 Å². The third-order valence-corrected chi connectivity index (χ3v) is 2.20. The average molecular weight is 146 g/mol. The summed E-state index contributed by atoms with van der Waals surface area (Å²) in [5, 5.41) is -0.394. The molecule has 1 N–H and O–H groups in total. The number of nitrogens with one attached hydrogen (secondary N) is 1. The van der Waals surface area contributed by atoms with Crippen molar-refractivity contribution in [3.05, 3.63) is 0 Å². The standard InChI is InChI=1S/C6H12NOS/c1-3-4(2)5(9)6(7)8/h4-5,7,9H,3H2,1-2H3/t4-,5-/m0/s1. The lowest BCUT2D eigenvalue weighted by Gasteiger charge is -2.11. The Labute approximate surface area is 61.2 Å². The zero-order valence-corrected chi connectivity index (χ0v) is 6.61. The maximum absolute atomic E-state index is 10.3. The molecular weight excluding hydrogens is 134 g/mol. The Morgan fingerprint density at radius 2 is 2.22 bits per heavy atom. The number of thiol groups is 1. The number of rotatable bonds is 3. The quantitative estimate of drug-likeness (QED) is 0.596. The van der Waals surface area contributed by atoms with Crippen molar-refractivity contribution in [2.45, 2.75) is 25.5 Å². The van der Waals surface area contributed by atoms with Gasteiger partial charge in [-0.2, -0.15) is 12.6 Å². The molecule has 53 valence electrons. The first-order valence-corrected chi connectivity index (χ1v) is 3.54. The molecule has 0 spiro atoms. The van der Waals surface area contributed by atoms with E-state index in [1.165, 1.54) is 0 Å². The van der Waals surface area contributed by atoms with Gasteiger partial charge in [0.25, 0.3) is 5.91 Å². The van der Waals surface area contributed by atoms with Crippen LogP contribution in [-0.2, 0) is 4.79 Å². The van der Waals surface area contributed by atoms with Crippen molar-refractivity contribution >= 4 is 18.5 Å². The highest BCUT2D eigenvalue weighted by Crippen LogP contribution is 2.12. The zero-order chi connectivity index (χ0) is 7.44. The molecule has 0 aromatic rings. The molecule has 0 rings (SSSR count). The van der Waals surface area contributed by atoms with Crippen molar-refractivity contribution in [1.29, 1.82) is 0 Å². The molecular formula is C6H12NOS. The Bertz CT molecular complexity index is 105. The minimum atomic E-state index is -0.576. The summed E-state index contributed by atoms with van der Waals surface area (Å²) in [5.74, 6) is -0.356. The lowest BCUT2D eigenvalue weighted by Crippen LogP contribution is -2.22. The van der Waals surface area contributed by atoms with E-state index in [1.807, 2.05) is 13.8 Å². The van der Waals surface area contributed by atoms with Crippen LogP contribution in [0.15, 0.2) is 0 Å². The van der Waals surface area contributed by atoms with Gasteiger partial charge in [-0.05, 0) is 5.92 Å². The van der Waals surface area contributed by atoms with Gasteiger partial charge in [0.15, 0.2) is 0 Å². The van der Waals surface area contributed by atoms with Gasteiger partial charge in [-0.25, -0.2) is 0 Å². The van der Waals surface area contributed by atoms with E-state index in [1.54, 1.807) is 0 Å². The first-order chi connectivity index (χ1) is 4.09. The van der Waals surface area contributed by atoms with Crippen molar-refractivity contribution in [2.24, 2.45) is 5.92 Å². The van der Waals surface area contributed by atoms with Crippen LogP contribution in [0.1, 0.15) is 20.3 Å². The predicted octanol–water partition coefficient (Wildman–Crippen LogP) is 1.14. The molecule has 0 unspecified atom stereocenters. The summed E-state index contributed by atoms with van der Waals surface area (Å²) in [6, 6.07) is 0. The summed E-state index contributed by atoms with van der Waals surface area (Å²) in [6.07, 6.45) is 0.902. The van der Waals surface area contributed by atoms with Crippen LogP contribution < -0.4 is 5.73 Å². The summed E-state index contributed by atoms with van der Waals surface area (Å²) in [7, 11) is 0. The first kappa shape index (κ1) is 8.82. The van der Waals surface area contributed by atoms with Gasteiger partial charge in [0, 0.05) is 0 Å². The highest BCUT2D eigenvalue weighted by Gasteiger charge is 2.16. The van der Waals surface area contributed by atoms with Gasteiger partial charge in [0.05, 0.1) is 5.25 Å². The molecule has 0 bridgehead atoms. The van der Waals surface area contributed by atoms with Crippen LogP contribution >= 0.6 is 12.6 Å². The van der Waals surface area contributed by atoms with Crippen LogP contribution in [0.2, 0.25) is 0 Å². The molecule has 1 amide bonds. The highest BCUT2D eigenvalue weighted by molar-refractivity contribution is 7.81. The maximum atomic E-state index is 10.3. The number of carbonyl (C=O) groups excluding carboxylic acids is 1. The summed E-state index contributed by atoms with van der Waals surface area (Å²) >= 11 is 3.96. The molecule has 3 heteroatoms. The fourth-order valence-electron chi connectivity index (χ4n) is 0.482. The van der Waals surface area contributed by atoms with Gasteiger partial charge in [-0.1, -0.05) is 20.3 Å². The Balaban J connectivity index is 3.72. The van der Waals surface area contributed by atoms with Crippen LogP contribution in [0.25, 0.3) is 0 Å². The van der Waals surface area contributed by atoms with Crippen molar-refractivity contribution in [3.8, 4) is 0 Å². The number of hydrogen-bond donors (Lipinski definition) is 1. The highest BCUT2D eigenvalue weighted by atomic mass is 32.1. The lowest BCUT2D eigenvalue weighted by atomic mass is 10.0. The SMILES string of the molecule is CC[C@H](C)[C@H](S)C([NH])=O. The van der Waals surface area contributed by atoms with E-state index in [9.17, 15) is 4.79 Å². The molecule has 0 fully saturated rings. The third-order valence-electron chi connectivity index (χ3n) is 1.45. The average Bonchev–Trinajstić information content (AvgIpc) is 1.84. The van der Waals surface area contributed by atoms with E-state index in [0.29, 0.717) is 0 Å². The molecule has 0 aromatic carbocycles. The Morgan fingerprint density at radius 3 is 2.33 bits per heavy atom. The van der Waals surface area contributed by atoms with Crippen LogP contribution in [0.4, 0.5) is 0 Å². The summed E-state index contributed by atoms with van der Waals surface area (Å²) < 4.78 is 0. The summed E-state index contributed by atoms with van der Waals surface area (Å²) in [4.78, 5) is 10.3. The maximum Gasteiger partial charge on any atom is 0.251 e. The number of carbonyl (C=O) groups is 1. The van der Waals surface area contributed by atoms with E-state index >= 15 is 0 Å². The molecule has 0 aliphatic rings. The molecule has 2 nitrogen and oxygen atoms in total. The van der Waals surface area contributed by atoms with Crippen molar-refractivity contribution in [1.82, 2.24) is 5.73 Å². The van der Waals surface area contributed by atoms with E-state index in [-0.39, 0.29) is 5.92 Å². The third kappa shape index (κ3) is 2.75. The smallest absolute Gasteiger partial charge is 0.251 e. The molecule has 0 aromatic heterocycles. The minimum absolute atomic E-state index is 0.221. The number of amides is 1. The van der Waals surface area contributed by atoms with Gasteiger partial charge < -0.3 is 0 Å². The molecule has 1 radical (unpaired) electrons. The molecule has 0 saturated carbocycles. The Kier molecular flexibility index (Phi) is 3.70. The second kappa shape index (κ2) is 3.77. The normalized spacial score (nSPS) is 16.8. The monoisotopic (exact) mass is 146 g/mol. The predicted molar refractivity (Wildman–Crippen MR) is 40.3 cm³/mol. The molecule has 0 aliphatic carbocycles. The summed E-state index contributed by atoms with van der Waals surface area (Å²) in [6.45, 7) is 3.90. The Morgan fingerprint density at radius 1 is 1.78 bits per heavy atom. The molecule has 2 atom stereocenters. The van der Waals surface area contributed by atoms with E-state index in [0.717, 1.165) is 6.42 Å². The molecule has 0 aliphatic heterocycles. The van der Waals surface area contributed by atoms with Crippen LogP contribution in [0.3, 0.4) is 0 Å². The fraction of sp³-hybridized carbons (Fsp3) is 0.833. The van der Waals surface area contributed by atoms with Crippen LogP contribution in [0, 0.1) is 5.92 Å². The van der Waals surface area contributed by atoms with E-state index in [4.69, 9.17) is 5.73 Å². The number of hydrogen-bond acceptors (Lipinski definition) is 2. The van der Waals surface area contributed by atoms with Crippen molar-refractivity contribution in [2.75, 3.05) is 0 Å². The van der Waals surface area contributed by atoms with Gasteiger partial charge in [0.1, 0.15) is 0 Å². The second-order valence-corrected chi connectivity index (χ2v) is 2.75.